The van der Waals surface area contributed by atoms with E-state index in [1.165, 1.54) is 7.11 Å². The van der Waals surface area contributed by atoms with E-state index in [2.05, 4.69) is 15.4 Å². The Balaban J connectivity index is 1.98. The van der Waals surface area contributed by atoms with Crippen molar-refractivity contribution in [2.45, 2.75) is 6.04 Å². The van der Waals surface area contributed by atoms with E-state index >= 15 is 0 Å². The zero-order valence-electron chi connectivity index (χ0n) is 6.02. The molecule has 0 bridgehead atoms. The number of rotatable bonds is 3. The van der Waals surface area contributed by atoms with Crippen LogP contribution in [-0.2, 0) is 9.53 Å². The smallest absolute Gasteiger partial charge is 0.319 e. The highest BCUT2D eigenvalue weighted by molar-refractivity contribution is 5.71. The van der Waals surface area contributed by atoms with E-state index in [0.29, 0.717) is 12.6 Å². The van der Waals surface area contributed by atoms with Gasteiger partial charge in [0.2, 0.25) is 0 Å². The Hall–Kier alpha value is -0.610. The predicted molar refractivity (Wildman–Crippen MR) is 36.7 cm³/mol. The van der Waals surface area contributed by atoms with Crippen molar-refractivity contribution >= 4 is 5.97 Å². The number of hydrogen-bond acceptors (Lipinski definition) is 4. The molecule has 0 aromatic rings. The molecule has 1 saturated heterocycles. The van der Waals surface area contributed by atoms with Crippen LogP contribution in [0.5, 0.6) is 0 Å². The summed E-state index contributed by atoms with van der Waals surface area (Å²) in [6, 6.07) is 0.457. The Morgan fingerprint density at radius 2 is 2.50 bits per heavy atom. The first-order valence-electron chi connectivity index (χ1n) is 3.34. The van der Waals surface area contributed by atoms with Gasteiger partial charge < -0.3 is 15.4 Å². The molecule has 0 aliphatic carbocycles. The van der Waals surface area contributed by atoms with Crippen LogP contribution in [0.15, 0.2) is 0 Å². The molecule has 10 heavy (non-hydrogen) atoms. The third-order valence-corrected chi connectivity index (χ3v) is 1.54. The van der Waals surface area contributed by atoms with Gasteiger partial charge in [-0.1, -0.05) is 0 Å². The largest absolute Gasteiger partial charge is 0.468 e. The van der Waals surface area contributed by atoms with Crippen LogP contribution in [0.4, 0.5) is 0 Å². The summed E-state index contributed by atoms with van der Waals surface area (Å²) in [5, 5.41) is 6.12. The lowest BCUT2D eigenvalue weighted by atomic mass is 10.2. The predicted octanol–water partition coefficient (Wildman–Crippen LogP) is -1.28. The molecule has 0 radical (unpaired) electrons. The summed E-state index contributed by atoms with van der Waals surface area (Å²) in [5.41, 5.74) is 0. The van der Waals surface area contributed by atoms with Gasteiger partial charge in [-0.05, 0) is 0 Å². The molecule has 0 amide bonds. The van der Waals surface area contributed by atoms with Gasteiger partial charge in [0.1, 0.15) is 0 Å². The van der Waals surface area contributed by atoms with Gasteiger partial charge in [-0.3, -0.25) is 4.79 Å². The molecule has 0 unspecified atom stereocenters. The van der Waals surface area contributed by atoms with Crippen LogP contribution < -0.4 is 10.6 Å². The van der Waals surface area contributed by atoms with Crippen LogP contribution in [0, 0.1) is 0 Å². The molecule has 1 rings (SSSR count). The van der Waals surface area contributed by atoms with Crippen molar-refractivity contribution in [3.8, 4) is 0 Å². The molecule has 58 valence electrons. The molecule has 4 heteroatoms. The Morgan fingerprint density at radius 3 is 2.90 bits per heavy atom. The maximum atomic E-state index is 10.6. The molecule has 0 spiro atoms. The van der Waals surface area contributed by atoms with Crippen molar-refractivity contribution in [1.82, 2.24) is 10.6 Å². The highest BCUT2D eigenvalue weighted by atomic mass is 16.5. The average Bonchev–Trinajstić information content (AvgIpc) is 1.84. The van der Waals surface area contributed by atoms with Gasteiger partial charge in [-0.25, -0.2) is 0 Å². The minimum Gasteiger partial charge on any atom is -0.468 e. The topological polar surface area (TPSA) is 50.4 Å². The molecule has 0 aromatic carbocycles. The molecule has 0 aromatic heterocycles. The van der Waals surface area contributed by atoms with Gasteiger partial charge in [0.05, 0.1) is 13.7 Å². The summed E-state index contributed by atoms with van der Waals surface area (Å²) >= 11 is 0. The standard InChI is InChI=1S/C6H12N2O2/c1-10-6(9)4-8-5-2-7-3-5/h5,7-8H,2-4H2,1H3. The number of carbonyl (C=O) groups is 1. The van der Waals surface area contributed by atoms with Gasteiger partial charge in [0.25, 0.3) is 0 Å². The van der Waals surface area contributed by atoms with Crippen LogP contribution in [-0.4, -0.2) is 38.8 Å². The molecular formula is C6H12N2O2. The van der Waals surface area contributed by atoms with Crippen LogP contribution in [0.2, 0.25) is 0 Å². The number of ether oxygens (including phenoxy) is 1. The second-order valence-corrected chi connectivity index (χ2v) is 2.31. The maximum absolute atomic E-state index is 10.6. The fourth-order valence-electron chi connectivity index (χ4n) is 0.733. The molecule has 0 atom stereocenters. The van der Waals surface area contributed by atoms with E-state index in [9.17, 15) is 4.79 Å². The summed E-state index contributed by atoms with van der Waals surface area (Å²) in [7, 11) is 1.39. The van der Waals surface area contributed by atoms with E-state index in [0.717, 1.165) is 13.1 Å². The van der Waals surface area contributed by atoms with Crippen molar-refractivity contribution in [2.75, 3.05) is 26.7 Å². The minimum absolute atomic E-state index is 0.202. The Morgan fingerprint density at radius 1 is 1.80 bits per heavy atom. The molecule has 4 nitrogen and oxygen atoms in total. The van der Waals surface area contributed by atoms with Crippen LogP contribution >= 0.6 is 0 Å². The number of esters is 1. The molecule has 0 saturated carbocycles. The fraction of sp³-hybridized carbons (Fsp3) is 0.833. The summed E-state index contributed by atoms with van der Waals surface area (Å²) < 4.78 is 4.45. The quantitative estimate of drug-likeness (QED) is 0.484. The van der Waals surface area contributed by atoms with Crippen LogP contribution in [0.25, 0.3) is 0 Å². The lowest BCUT2D eigenvalue weighted by Crippen LogP contribution is -2.56. The van der Waals surface area contributed by atoms with E-state index in [1.807, 2.05) is 0 Å². The second kappa shape index (κ2) is 3.53. The molecule has 1 fully saturated rings. The fourth-order valence-corrected chi connectivity index (χ4v) is 0.733. The average molecular weight is 144 g/mol. The van der Waals surface area contributed by atoms with E-state index in [4.69, 9.17) is 0 Å². The maximum Gasteiger partial charge on any atom is 0.319 e. The van der Waals surface area contributed by atoms with Crippen LogP contribution in [0.1, 0.15) is 0 Å². The van der Waals surface area contributed by atoms with Gasteiger partial charge in [-0.15, -0.1) is 0 Å². The SMILES string of the molecule is COC(=O)CNC1CNC1. The Kier molecular flexibility index (Phi) is 2.65. The summed E-state index contributed by atoms with van der Waals surface area (Å²) in [5.74, 6) is -0.202. The molecule has 2 N–H and O–H groups in total. The van der Waals surface area contributed by atoms with E-state index in [-0.39, 0.29) is 5.97 Å². The van der Waals surface area contributed by atoms with Gasteiger partial charge in [-0.2, -0.15) is 0 Å². The summed E-state index contributed by atoms with van der Waals surface area (Å²) in [6.45, 7) is 2.23. The minimum atomic E-state index is -0.202. The highest BCUT2D eigenvalue weighted by Crippen LogP contribution is 1.88. The normalized spacial score (nSPS) is 18.1. The molecular weight excluding hydrogens is 132 g/mol. The first kappa shape index (κ1) is 7.50. The number of hydrogen-bond donors (Lipinski definition) is 2. The first-order chi connectivity index (χ1) is 4.83. The number of carbonyl (C=O) groups excluding carboxylic acids is 1. The van der Waals surface area contributed by atoms with Gasteiger partial charge in [0, 0.05) is 19.1 Å². The number of nitrogens with one attached hydrogen (secondary N) is 2. The highest BCUT2D eigenvalue weighted by Gasteiger charge is 2.16. The first-order valence-corrected chi connectivity index (χ1v) is 3.34. The third-order valence-electron chi connectivity index (χ3n) is 1.54. The lowest BCUT2D eigenvalue weighted by Gasteiger charge is -2.27. The van der Waals surface area contributed by atoms with Gasteiger partial charge >= 0.3 is 5.97 Å². The van der Waals surface area contributed by atoms with Crippen molar-refractivity contribution in [2.24, 2.45) is 0 Å². The second-order valence-electron chi connectivity index (χ2n) is 2.31. The monoisotopic (exact) mass is 144 g/mol. The summed E-state index contributed by atoms with van der Waals surface area (Å²) in [6.07, 6.45) is 0. The molecule has 1 aliphatic heterocycles. The Labute approximate surface area is 59.9 Å². The number of methoxy groups -OCH3 is 1. The summed E-state index contributed by atoms with van der Waals surface area (Å²) in [4.78, 5) is 10.6. The third kappa shape index (κ3) is 1.97. The van der Waals surface area contributed by atoms with Gasteiger partial charge in [0.15, 0.2) is 0 Å². The zero-order valence-corrected chi connectivity index (χ0v) is 6.02. The van der Waals surface area contributed by atoms with Crippen molar-refractivity contribution in [3.63, 3.8) is 0 Å². The van der Waals surface area contributed by atoms with E-state index in [1.54, 1.807) is 0 Å². The van der Waals surface area contributed by atoms with Crippen molar-refractivity contribution in [1.29, 1.82) is 0 Å². The van der Waals surface area contributed by atoms with Crippen LogP contribution in [0.3, 0.4) is 0 Å². The molecule has 1 heterocycles. The van der Waals surface area contributed by atoms with Crippen molar-refractivity contribution < 1.29 is 9.53 Å². The van der Waals surface area contributed by atoms with E-state index < -0.39 is 0 Å². The molecule has 1 aliphatic rings. The lowest BCUT2D eigenvalue weighted by molar-refractivity contribution is -0.139. The Bertz CT molecular complexity index is 123. The van der Waals surface area contributed by atoms with Crippen molar-refractivity contribution in [3.05, 3.63) is 0 Å². The zero-order chi connectivity index (χ0) is 7.40.